The maximum Gasteiger partial charge on any atom is 0.258 e. The third kappa shape index (κ3) is 6.42. The van der Waals surface area contributed by atoms with Gasteiger partial charge in [0.25, 0.3) is 5.91 Å². The molecule has 0 bridgehead atoms. The van der Waals surface area contributed by atoms with Crippen LogP contribution in [-0.2, 0) is 14.6 Å². The van der Waals surface area contributed by atoms with Gasteiger partial charge in [0.05, 0.1) is 20.9 Å². The first-order chi connectivity index (χ1) is 21.3. The Morgan fingerprint density at radius 3 is 2.55 bits per heavy atom. The molecule has 10 nitrogen and oxygen atoms in total. The molecule has 2 saturated heterocycles. The zero-order valence-corrected chi connectivity index (χ0v) is 25.5. The fourth-order valence-electron chi connectivity index (χ4n) is 5.85. The van der Waals surface area contributed by atoms with Gasteiger partial charge in [-0.1, -0.05) is 13.0 Å². The summed E-state index contributed by atoms with van der Waals surface area (Å²) in [5.41, 5.74) is 2.81. The van der Waals surface area contributed by atoms with Crippen molar-refractivity contribution in [2.75, 3.05) is 61.5 Å². The van der Waals surface area contributed by atoms with Crippen molar-refractivity contribution in [3.8, 4) is 0 Å². The van der Waals surface area contributed by atoms with Crippen molar-refractivity contribution < 1.29 is 22.3 Å². The van der Waals surface area contributed by atoms with E-state index in [1.165, 1.54) is 30.3 Å². The van der Waals surface area contributed by atoms with Gasteiger partial charge in [0, 0.05) is 62.2 Å². The van der Waals surface area contributed by atoms with Gasteiger partial charge in [-0.15, -0.1) is 0 Å². The fourth-order valence-corrected chi connectivity index (χ4v) is 7.17. The molecule has 1 aromatic heterocycles. The molecular weight excluding hydrogens is 583 g/mol. The molecule has 0 aliphatic carbocycles. The molecule has 0 unspecified atom stereocenters. The molecule has 6 rings (SSSR count). The number of carbonyl (C=O) groups is 1. The van der Waals surface area contributed by atoms with Crippen molar-refractivity contribution in [2.45, 2.75) is 42.0 Å². The highest BCUT2D eigenvalue weighted by Gasteiger charge is 2.24. The van der Waals surface area contributed by atoms with Crippen LogP contribution in [-0.4, -0.2) is 81.4 Å². The number of ether oxygens (including phenoxy) is 1. The van der Waals surface area contributed by atoms with Crippen LogP contribution in [0.15, 0.2) is 70.5 Å². The van der Waals surface area contributed by atoms with Crippen LogP contribution in [0.4, 0.5) is 21.6 Å². The van der Waals surface area contributed by atoms with Crippen LogP contribution in [0.2, 0.25) is 0 Å². The molecule has 0 radical (unpaired) electrons. The summed E-state index contributed by atoms with van der Waals surface area (Å²) in [7, 11) is -4.00. The van der Waals surface area contributed by atoms with E-state index in [4.69, 9.17) is 4.74 Å². The third-order valence-corrected chi connectivity index (χ3v) is 10.0. The zero-order chi connectivity index (χ0) is 30.7. The molecule has 0 saturated carbocycles. The van der Waals surface area contributed by atoms with E-state index in [-0.39, 0.29) is 27.6 Å². The van der Waals surface area contributed by atoms with Gasteiger partial charge in [-0.25, -0.2) is 12.8 Å². The standard InChI is InChI=1S/C32H37FN6O4S/c1-2-12-38-13-15-39(16-14-38)24-6-8-27(30(20-24)34-23-10-17-43-18-11-23)32(40)35-31-28-21-26(7-9-29(28)36-37-31)44(41,42)25-5-3-4-22(33)19-25/h3-9,19-21,23,34H,2,10-18H2,1H3,(H2,35,36,37,40). The first kappa shape index (κ1) is 30.0. The second-order valence-electron chi connectivity index (χ2n) is 11.3. The minimum absolute atomic E-state index is 0.0299. The number of fused-ring (bicyclic) bond motifs is 1. The van der Waals surface area contributed by atoms with Crippen molar-refractivity contribution in [2.24, 2.45) is 0 Å². The number of carbonyl (C=O) groups excluding carboxylic acids is 1. The summed E-state index contributed by atoms with van der Waals surface area (Å²) in [6.45, 7) is 8.47. The zero-order valence-electron chi connectivity index (χ0n) is 24.7. The summed E-state index contributed by atoms with van der Waals surface area (Å²) >= 11 is 0. The number of hydrogen-bond donors (Lipinski definition) is 3. The van der Waals surface area contributed by atoms with Gasteiger partial charge in [0.15, 0.2) is 5.82 Å². The highest BCUT2D eigenvalue weighted by atomic mass is 32.2. The van der Waals surface area contributed by atoms with Gasteiger partial charge < -0.3 is 20.3 Å². The molecule has 0 atom stereocenters. The maximum absolute atomic E-state index is 13.8. The SMILES string of the molecule is CCCN1CCN(c2ccc(C(=O)Nc3n[nH]c4ccc(S(=O)(=O)c5cccc(F)c5)cc34)c(NC3CCOCC3)c2)CC1. The number of hydrogen-bond acceptors (Lipinski definition) is 8. The lowest BCUT2D eigenvalue weighted by molar-refractivity contribution is 0.0904. The monoisotopic (exact) mass is 620 g/mol. The van der Waals surface area contributed by atoms with E-state index in [0.29, 0.717) is 29.7 Å². The normalized spacial score (nSPS) is 16.7. The molecule has 3 heterocycles. The van der Waals surface area contributed by atoms with Crippen molar-refractivity contribution in [3.63, 3.8) is 0 Å². The number of H-pyrrole nitrogens is 1. The highest BCUT2D eigenvalue weighted by molar-refractivity contribution is 7.91. The number of aromatic amines is 1. The fraction of sp³-hybridized carbons (Fsp3) is 0.375. The molecule has 2 aliphatic heterocycles. The average Bonchev–Trinajstić information content (AvgIpc) is 3.44. The van der Waals surface area contributed by atoms with Crippen LogP contribution < -0.4 is 15.5 Å². The lowest BCUT2D eigenvalue weighted by Gasteiger charge is -2.36. The van der Waals surface area contributed by atoms with Crippen LogP contribution >= 0.6 is 0 Å². The Hall–Kier alpha value is -4.00. The van der Waals surface area contributed by atoms with Gasteiger partial charge >= 0.3 is 0 Å². The third-order valence-electron chi connectivity index (χ3n) is 8.29. The molecule has 44 heavy (non-hydrogen) atoms. The number of rotatable bonds is 9. The molecule has 3 aromatic carbocycles. The second-order valence-corrected chi connectivity index (χ2v) is 13.2. The Kier molecular flexibility index (Phi) is 8.83. The van der Waals surface area contributed by atoms with E-state index in [9.17, 15) is 17.6 Å². The molecule has 2 aliphatic rings. The van der Waals surface area contributed by atoms with Crippen LogP contribution in [0.25, 0.3) is 10.9 Å². The van der Waals surface area contributed by atoms with Crippen LogP contribution in [0.3, 0.4) is 0 Å². The number of benzene rings is 3. The quantitative estimate of drug-likeness (QED) is 0.242. The summed E-state index contributed by atoms with van der Waals surface area (Å²) in [6, 6.07) is 15.4. The van der Waals surface area contributed by atoms with E-state index in [2.05, 4.69) is 37.6 Å². The Labute approximate surface area is 256 Å². The first-order valence-corrected chi connectivity index (χ1v) is 16.6. The lowest BCUT2D eigenvalue weighted by atomic mass is 10.1. The Morgan fingerprint density at radius 2 is 1.80 bits per heavy atom. The largest absolute Gasteiger partial charge is 0.381 e. The van der Waals surface area contributed by atoms with Crippen molar-refractivity contribution in [3.05, 3.63) is 72.0 Å². The van der Waals surface area contributed by atoms with Crippen LogP contribution in [0, 0.1) is 5.82 Å². The lowest BCUT2D eigenvalue weighted by Crippen LogP contribution is -2.46. The van der Waals surface area contributed by atoms with Crippen molar-refractivity contribution >= 4 is 43.8 Å². The molecule has 3 N–H and O–H groups in total. The summed E-state index contributed by atoms with van der Waals surface area (Å²) in [5.74, 6) is -0.807. The number of halogens is 1. The predicted octanol–water partition coefficient (Wildman–Crippen LogP) is 4.91. The molecule has 232 valence electrons. The smallest absolute Gasteiger partial charge is 0.258 e. The minimum atomic E-state index is -4.00. The van der Waals surface area contributed by atoms with E-state index in [1.807, 2.05) is 18.2 Å². The summed E-state index contributed by atoms with van der Waals surface area (Å²) in [6.07, 6.45) is 2.82. The van der Waals surface area contributed by atoms with E-state index >= 15 is 0 Å². The number of amides is 1. The van der Waals surface area contributed by atoms with Gasteiger partial charge in [-0.2, -0.15) is 5.10 Å². The van der Waals surface area contributed by atoms with Gasteiger partial charge in [-0.3, -0.25) is 14.8 Å². The number of anilines is 3. The predicted molar refractivity (Wildman–Crippen MR) is 169 cm³/mol. The summed E-state index contributed by atoms with van der Waals surface area (Å²) in [5, 5.41) is 14.0. The first-order valence-electron chi connectivity index (χ1n) is 15.1. The van der Waals surface area contributed by atoms with Crippen molar-refractivity contribution in [1.82, 2.24) is 15.1 Å². The van der Waals surface area contributed by atoms with E-state index < -0.39 is 15.7 Å². The average molecular weight is 621 g/mol. The number of sulfone groups is 1. The highest BCUT2D eigenvalue weighted by Crippen LogP contribution is 2.31. The number of aromatic nitrogens is 2. The maximum atomic E-state index is 13.8. The van der Waals surface area contributed by atoms with E-state index in [0.717, 1.165) is 69.4 Å². The molecular formula is C32H37FN6O4S. The molecule has 0 spiro atoms. The van der Waals surface area contributed by atoms with E-state index in [1.54, 1.807) is 6.07 Å². The topological polar surface area (TPSA) is 120 Å². The number of nitrogens with zero attached hydrogens (tertiary/aromatic N) is 3. The van der Waals surface area contributed by atoms with Crippen LogP contribution in [0.1, 0.15) is 36.5 Å². The molecule has 12 heteroatoms. The van der Waals surface area contributed by atoms with Gasteiger partial charge in [-0.05, 0) is 80.4 Å². The van der Waals surface area contributed by atoms with Gasteiger partial charge in [0.2, 0.25) is 9.84 Å². The molecule has 4 aromatic rings. The Morgan fingerprint density at radius 1 is 1.02 bits per heavy atom. The number of piperazine rings is 1. The van der Waals surface area contributed by atoms with Crippen LogP contribution in [0.5, 0.6) is 0 Å². The van der Waals surface area contributed by atoms with Crippen molar-refractivity contribution in [1.29, 1.82) is 0 Å². The second kappa shape index (κ2) is 12.9. The summed E-state index contributed by atoms with van der Waals surface area (Å²) in [4.78, 5) is 18.4. The Balaban J connectivity index is 1.27. The number of nitrogens with one attached hydrogen (secondary N) is 3. The molecule has 2 fully saturated rings. The Bertz CT molecular complexity index is 1750. The summed E-state index contributed by atoms with van der Waals surface area (Å²) < 4.78 is 45.8. The van der Waals surface area contributed by atoms with Gasteiger partial charge in [0.1, 0.15) is 5.82 Å². The minimum Gasteiger partial charge on any atom is -0.381 e. The molecule has 1 amide bonds.